The molecule has 1 aliphatic heterocycles. The summed E-state index contributed by atoms with van der Waals surface area (Å²) in [5, 5.41) is 3.05. The van der Waals surface area contributed by atoms with Gasteiger partial charge in [0, 0.05) is 18.9 Å². The van der Waals surface area contributed by atoms with Gasteiger partial charge in [-0.1, -0.05) is 26.0 Å². The van der Waals surface area contributed by atoms with Gasteiger partial charge in [-0.2, -0.15) is 0 Å². The summed E-state index contributed by atoms with van der Waals surface area (Å²) in [7, 11) is 0. The van der Waals surface area contributed by atoms with E-state index in [4.69, 9.17) is 9.47 Å². The zero-order valence-corrected chi connectivity index (χ0v) is 16.8. The third-order valence-corrected chi connectivity index (χ3v) is 5.18. The Labute approximate surface area is 166 Å². The summed E-state index contributed by atoms with van der Waals surface area (Å²) >= 11 is 0. The van der Waals surface area contributed by atoms with Crippen molar-refractivity contribution >= 4 is 11.6 Å². The van der Waals surface area contributed by atoms with Crippen LogP contribution < -0.4 is 10.1 Å². The number of hydrogen-bond donors (Lipinski definition) is 1. The maximum absolute atomic E-state index is 13.4. The second kappa shape index (κ2) is 8.74. The molecule has 1 heterocycles. The van der Waals surface area contributed by atoms with Gasteiger partial charge in [0.25, 0.3) is 0 Å². The topological polar surface area (TPSA) is 47.6 Å². The molecule has 150 valence electrons. The van der Waals surface area contributed by atoms with E-state index in [2.05, 4.69) is 19.2 Å². The highest BCUT2D eigenvalue weighted by Crippen LogP contribution is 2.36. The van der Waals surface area contributed by atoms with E-state index < -0.39 is 5.41 Å². The molecule has 0 saturated carbocycles. The average molecular weight is 385 g/mol. The van der Waals surface area contributed by atoms with Crippen LogP contribution in [-0.2, 0) is 14.9 Å². The lowest BCUT2D eigenvalue weighted by Crippen LogP contribution is -2.44. The molecular weight excluding hydrogens is 357 g/mol. The van der Waals surface area contributed by atoms with E-state index in [1.807, 2.05) is 25.1 Å². The van der Waals surface area contributed by atoms with E-state index in [1.165, 1.54) is 12.1 Å². The number of carbonyl (C=O) groups excluding carboxylic acids is 1. The van der Waals surface area contributed by atoms with Crippen LogP contribution in [0.1, 0.15) is 37.8 Å². The molecule has 0 spiro atoms. The summed E-state index contributed by atoms with van der Waals surface area (Å²) in [6.45, 7) is 7.84. The van der Waals surface area contributed by atoms with Gasteiger partial charge in [0.2, 0.25) is 5.91 Å². The van der Waals surface area contributed by atoms with Gasteiger partial charge in [-0.3, -0.25) is 4.79 Å². The summed E-state index contributed by atoms with van der Waals surface area (Å²) in [6, 6.07) is 11.9. The Kier molecular flexibility index (Phi) is 6.35. The van der Waals surface area contributed by atoms with E-state index in [0.29, 0.717) is 38.6 Å². The fourth-order valence-corrected chi connectivity index (χ4v) is 3.53. The Morgan fingerprint density at radius 2 is 1.86 bits per heavy atom. The zero-order valence-electron chi connectivity index (χ0n) is 16.8. The molecule has 0 aliphatic carbocycles. The van der Waals surface area contributed by atoms with Gasteiger partial charge < -0.3 is 14.8 Å². The maximum Gasteiger partial charge on any atom is 0.235 e. The van der Waals surface area contributed by atoms with Crippen LogP contribution in [0.25, 0.3) is 0 Å². The van der Waals surface area contributed by atoms with Crippen molar-refractivity contribution in [1.82, 2.24) is 0 Å². The predicted octanol–water partition coefficient (Wildman–Crippen LogP) is 4.86. The quantitative estimate of drug-likeness (QED) is 0.773. The molecule has 0 bridgehead atoms. The number of hydrogen-bond acceptors (Lipinski definition) is 3. The predicted molar refractivity (Wildman–Crippen MR) is 108 cm³/mol. The molecule has 1 amide bonds. The Hall–Kier alpha value is -2.40. The number of benzene rings is 2. The molecule has 1 aliphatic rings. The highest BCUT2D eigenvalue weighted by molar-refractivity contribution is 5.99. The van der Waals surface area contributed by atoms with Crippen LogP contribution in [0.4, 0.5) is 10.1 Å². The summed E-state index contributed by atoms with van der Waals surface area (Å²) in [6.07, 6.45) is 1.14. The molecule has 2 aromatic rings. The largest absolute Gasteiger partial charge is 0.493 e. The van der Waals surface area contributed by atoms with Crippen molar-refractivity contribution in [3.63, 3.8) is 0 Å². The minimum Gasteiger partial charge on any atom is -0.493 e. The normalized spacial score (nSPS) is 16.0. The SMILES string of the molecule is Cc1cc(NC(=O)C2(c3ccc(F)cc3)CCOCC2)ccc1OCC(C)C. The average Bonchev–Trinajstić information content (AvgIpc) is 2.68. The van der Waals surface area contributed by atoms with Crippen molar-refractivity contribution in [2.45, 2.75) is 39.0 Å². The molecular formula is C23H28FNO3. The van der Waals surface area contributed by atoms with Gasteiger partial charge in [0.1, 0.15) is 11.6 Å². The maximum atomic E-state index is 13.4. The Balaban J connectivity index is 1.80. The highest BCUT2D eigenvalue weighted by Gasteiger charge is 2.41. The minimum absolute atomic E-state index is 0.0855. The molecule has 3 rings (SSSR count). The Morgan fingerprint density at radius 3 is 2.46 bits per heavy atom. The van der Waals surface area contributed by atoms with Crippen molar-refractivity contribution < 1.29 is 18.7 Å². The lowest BCUT2D eigenvalue weighted by Gasteiger charge is -2.36. The first kappa shape index (κ1) is 20.3. The van der Waals surface area contributed by atoms with E-state index in [1.54, 1.807) is 12.1 Å². The van der Waals surface area contributed by atoms with Gasteiger partial charge in [0.05, 0.1) is 12.0 Å². The molecule has 1 saturated heterocycles. The second-order valence-electron chi connectivity index (χ2n) is 7.84. The molecule has 0 radical (unpaired) electrons. The number of nitrogens with one attached hydrogen (secondary N) is 1. The van der Waals surface area contributed by atoms with Gasteiger partial charge in [-0.05, 0) is 67.1 Å². The molecule has 0 atom stereocenters. The lowest BCUT2D eigenvalue weighted by atomic mass is 9.73. The van der Waals surface area contributed by atoms with Crippen molar-refractivity contribution in [3.8, 4) is 5.75 Å². The van der Waals surface area contributed by atoms with E-state index in [9.17, 15) is 9.18 Å². The molecule has 1 N–H and O–H groups in total. The summed E-state index contributed by atoms with van der Waals surface area (Å²) in [4.78, 5) is 13.3. The fraction of sp³-hybridized carbons (Fsp3) is 0.435. The fourth-order valence-electron chi connectivity index (χ4n) is 3.53. The van der Waals surface area contributed by atoms with Gasteiger partial charge >= 0.3 is 0 Å². The molecule has 2 aromatic carbocycles. The second-order valence-corrected chi connectivity index (χ2v) is 7.84. The smallest absolute Gasteiger partial charge is 0.235 e. The zero-order chi connectivity index (χ0) is 20.1. The van der Waals surface area contributed by atoms with Crippen molar-refractivity contribution in [2.75, 3.05) is 25.1 Å². The van der Waals surface area contributed by atoms with E-state index in [0.717, 1.165) is 22.6 Å². The highest BCUT2D eigenvalue weighted by atomic mass is 19.1. The summed E-state index contributed by atoms with van der Waals surface area (Å²) in [5.41, 5.74) is 1.81. The lowest BCUT2D eigenvalue weighted by molar-refractivity contribution is -0.125. The van der Waals surface area contributed by atoms with Crippen LogP contribution >= 0.6 is 0 Å². The molecule has 0 aromatic heterocycles. The van der Waals surface area contributed by atoms with Crippen LogP contribution in [0.5, 0.6) is 5.75 Å². The Morgan fingerprint density at radius 1 is 1.18 bits per heavy atom. The van der Waals surface area contributed by atoms with Crippen LogP contribution in [0.3, 0.4) is 0 Å². The summed E-state index contributed by atoms with van der Waals surface area (Å²) < 4.78 is 24.7. The number of amides is 1. The van der Waals surface area contributed by atoms with Crippen molar-refractivity contribution in [1.29, 1.82) is 0 Å². The number of carbonyl (C=O) groups is 1. The standard InChI is InChI=1S/C23H28FNO3/c1-16(2)15-28-21-9-8-20(14-17(21)3)25-22(26)23(10-12-27-13-11-23)18-4-6-19(24)7-5-18/h4-9,14,16H,10-13,15H2,1-3H3,(H,25,26). The van der Waals surface area contributed by atoms with Gasteiger partial charge in [-0.25, -0.2) is 4.39 Å². The Bertz CT molecular complexity index is 811. The van der Waals surface area contributed by atoms with Gasteiger partial charge in [0.15, 0.2) is 0 Å². The van der Waals surface area contributed by atoms with Crippen LogP contribution in [0.2, 0.25) is 0 Å². The number of aryl methyl sites for hydroxylation is 1. The van der Waals surface area contributed by atoms with E-state index in [-0.39, 0.29) is 11.7 Å². The first-order valence-electron chi connectivity index (χ1n) is 9.79. The van der Waals surface area contributed by atoms with Crippen LogP contribution in [0.15, 0.2) is 42.5 Å². The molecule has 1 fully saturated rings. The molecule has 4 nitrogen and oxygen atoms in total. The van der Waals surface area contributed by atoms with Crippen LogP contribution in [-0.4, -0.2) is 25.7 Å². The van der Waals surface area contributed by atoms with Crippen LogP contribution in [0, 0.1) is 18.7 Å². The number of rotatable bonds is 6. The van der Waals surface area contributed by atoms with Crippen molar-refractivity contribution in [2.24, 2.45) is 5.92 Å². The monoisotopic (exact) mass is 385 g/mol. The molecule has 28 heavy (non-hydrogen) atoms. The first-order valence-corrected chi connectivity index (χ1v) is 9.79. The number of halogens is 1. The number of anilines is 1. The third-order valence-electron chi connectivity index (χ3n) is 5.18. The molecule has 0 unspecified atom stereocenters. The third kappa shape index (κ3) is 4.53. The number of ether oxygens (including phenoxy) is 2. The molecule has 5 heteroatoms. The summed E-state index contributed by atoms with van der Waals surface area (Å²) in [5.74, 6) is 0.880. The van der Waals surface area contributed by atoms with Crippen molar-refractivity contribution in [3.05, 3.63) is 59.4 Å². The van der Waals surface area contributed by atoms with Gasteiger partial charge in [-0.15, -0.1) is 0 Å². The minimum atomic E-state index is -0.716. The van der Waals surface area contributed by atoms with E-state index >= 15 is 0 Å². The first-order chi connectivity index (χ1) is 13.4.